The molecule has 0 bridgehead atoms. The summed E-state index contributed by atoms with van der Waals surface area (Å²) in [6, 6.07) is 5.24. The lowest BCUT2D eigenvalue weighted by atomic mass is 9.91. The van der Waals surface area contributed by atoms with E-state index in [-0.39, 0.29) is 5.91 Å². The molecule has 0 aromatic carbocycles. The standard InChI is InChI=1S/C19H31N5O/c1-15(25)22-18-6-4-17(5-7-18)20-13-16-3-8-19(21-14-16)24-11-9-23(2)10-12-24/h3,8,14,17-18,20H,4-7,9-13H2,1-2H3,(H,22,25). The quantitative estimate of drug-likeness (QED) is 0.844. The Bertz CT molecular complexity index is 545. The van der Waals surface area contributed by atoms with Crippen molar-refractivity contribution in [2.24, 2.45) is 0 Å². The monoisotopic (exact) mass is 345 g/mol. The van der Waals surface area contributed by atoms with E-state index < -0.39 is 0 Å². The van der Waals surface area contributed by atoms with Crippen LogP contribution in [0.2, 0.25) is 0 Å². The third kappa shape index (κ3) is 5.41. The van der Waals surface area contributed by atoms with Crippen molar-refractivity contribution >= 4 is 11.7 Å². The first kappa shape index (κ1) is 18.1. The number of nitrogens with one attached hydrogen (secondary N) is 2. The maximum Gasteiger partial charge on any atom is 0.217 e. The molecule has 1 aromatic rings. The number of hydrogen-bond donors (Lipinski definition) is 2. The zero-order valence-corrected chi connectivity index (χ0v) is 15.5. The molecule has 1 aromatic heterocycles. The molecule has 0 radical (unpaired) electrons. The summed E-state index contributed by atoms with van der Waals surface area (Å²) < 4.78 is 0. The Morgan fingerprint density at radius 1 is 1.12 bits per heavy atom. The summed E-state index contributed by atoms with van der Waals surface area (Å²) in [5, 5.41) is 6.68. The van der Waals surface area contributed by atoms with E-state index in [0.717, 1.165) is 64.2 Å². The molecular formula is C19H31N5O. The molecule has 1 saturated heterocycles. The lowest BCUT2D eigenvalue weighted by Gasteiger charge is -2.33. The zero-order valence-electron chi connectivity index (χ0n) is 15.5. The van der Waals surface area contributed by atoms with E-state index in [9.17, 15) is 4.79 Å². The molecule has 0 spiro atoms. The molecule has 6 heteroatoms. The van der Waals surface area contributed by atoms with Crippen molar-refractivity contribution in [3.8, 4) is 0 Å². The Morgan fingerprint density at radius 2 is 1.80 bits per heavy atom. The normalized spacial score (nSPS) is 25.0. The van der Waals surface area contributed by atoms with Crippen molar-refractivity contribution in [1.82, 2.24) is 20.5 Å². The first-order valence-corrected chi connectivity index (χ1v) is 9.49. The minimum Gasteiger partial charge on any atom is -0.354 e. The van der Waals surface area contributed by atoms with Crippen LogP contribution in [0.4, 0.5) is 5.82 Å². The van der Waals surface area contributed by atoms with Crippen LogP contribution >= 0.6 is 0 Å². The lowest BCUT2D eigenvalue weighted by Crippen LogP contribution is -2.44. The van der Waals surface area contributed by atoms with E-state index >= 15 is 0 Å². The summed E-state index contributed by atoms with van der Waals surface area (Å²) >= 11 is 0. The summed E-state index contributed by atoms with van der Waals surface area (Å²) in [4.78, 5) is 20.5. The lowest BCUT2D eigenvalue weighted by molar-refractivity contribution is -0.119. The van der Waals surface area contributed by atoms with E-state index in [4.69, 9.17) is 0 Å². The maximum atomic E-state index is 11.1. The largest absolute Gasteiger partial charge is 0.354 e. The van der Waals surface area contributed by atoms with Gasteiger partial charge in [0.2, 0.25) is 5.91 Å². The number of hydrogen-bond acceptors (Lipinski definition) is 5. The number of likely N-dealkylation sites (N-methyl/N-ethyl adjacent to an activating group) is 1. The van der Waals surface area contributed by atoms with Gasteiger partial charge in [0.15, 0.2) is 0 Å². The Labute approximate surface area is 151 Å². The van der Waals surface area contributed by atoms with Crippen LogP contribution in [0.3, 0.4) is 0 Å². The highest BCUT2D eigenvalue weighted by atomic mass is 16.1. The summed E-state index contributed by atoms with van der Waals surface area (Å²) in [6.07, 6.45) is 6.38. The Morgan fingerprint density at radius 3 is 2.40 bits per heavy atom. The predicted molar refractivity (Wildman–Crippen MR) is 101 cm³/mol. The topological polar surface area (TPSA) is 60.5 Å². The average Bonchev–Trinajstić information content (AvgIpc) is 2.62. The fraction of sp³-hybridized carbons (Fsp3) is 0.684. The van der Waals surface area contributed by atoms with E-state index in [2.05, 4.69) is 44.6 Å². The first-order chi connectivity index (χ1) is 12.1. The highest BCUT2D eigenvalue weighted by Gasteiger charge is 2.21. The molecule has 0 atom stereocenters. The van der Waals surface area contributed by atoms with Crippen LogP contribution in [0, 0.1) is 0 Å². The number of nitrogens with zero attached hydrogens (tertiary/aromatic N) is 3. The highest BCUT2D eigenvalue weighted by molar-refractivity contribution is 5.73. The van der Waals surface area contributed by atoms with E-state index in [0.29, 0.717) is 12.1 Å². The number of anilines is 1. The van der Waals surface area contributed by atoms with E-state index in [1.54, 1.807) is 6.92 Å². The van der Waals surface area contributed by atoms with Gasteiger partial charge < -0.3 is 20.4 Å². The summed E-state index contributed by atoms with van der Waals surface area (Å²) in [7, 11) is 2.17. The van der Waals surface area contributed by atoms with Crippen LogP contribution in [0.1, 0.15) is 38.2 Å². The number of amides is 1. The molecule has 3 rings (SSSR count). The van der Waals surface area contributed by atoms with Crippen molar-refractivity contribution in [2.45, 2.75) is 51.2 Å². The van der Waals surface area contributed by atoms with Gasteiger partial charge in [0.1, 0.15) is 5.82 Å². The molecule has 1 aliphatic carbocycles. The van der Waals surface area contributed by atoms with Crippen LogP contribution in [-0.4, -0.2) is 61.1 Å². The molecule has 1 saturated carbocycles. The van der Waals surface area contributed by atoms with Crippen molar-refractivity contribution in [2.75, 3.05) is 38.1 Å². The fourth-order valence-electron chi connectivity index (χ4n) is 3.74. The number of piperazine rings is 1. The SMILES string of the molecule is CC(=O)NC1CCC(NCc2ccc(N3CCN(C)CC3)nc2)CC1. The Hall–Kier alpha value is -1.66. The molecule has 2 heterocycles. The van der Waals surface area contributed by atoms with Gasteiger partial charge in [-0.15, -0.1) is 0 Å². The summed E-state index contributed by atoms with van der Waals surface area (Å²) in [5.74, 6) is 1.18. The van der Waals surface area contributed by atoms with Gasteiger partial charge >= 0.3 is 0 Å². The minimum absolute atomic E-state index is 0.0860. The molecule has 2 aliphatic rings. The highest BCUT2D eigenvalue weighted by Crippen LogP contribution is 2.19. The van der Waals surface area contributed by atoms with Crippen LogP contribution < -0.4 is 15.5 Å². The molecule has 2 fully saturated rings. The average molecular weight is 345 g/mol. The molecule has 6 nitrogen and oxygen atoms in total. The van der Waals surface area contributed by atoms with Gasteiger partial charge in [-0.25, -0.2) is 4.98 Å². The molecule has 138 valence electrons. The Kier molecular flexibility index (Phi) is 6.26. The molecule has 0 unspecified atom stereocenters. The molecule has 1 aliphatic heterocycles. The van der Waals surface area contributed by atoms with Gasteiger partial charge in [0.05, 0.1) is 0 Å². The third-order valence-corrected chi connectivity index (χ3v) is 5.37. The fourth-order valence-corrected chi connectivity index (χ4v) is 3.74. The number of rotatable bonds is 5. The van der Waals surface area contributed by atoms with Crippen LogP contribution in [0.15, 0.2) is 18.3 Å². The van der Waals surface area contributed by atoms with Crippen molar-refractivity contribution < 1.29 is 4.79 Å². The maximum absolute atomic E-state index is 11.1. The van der Waals surface area contributed by atoms with Gasteiger partial charge in [0.25, 0.3) is 0 Å². The van der Waals surface area contributed by atoms with Gasteiger partial charge in [-0.1, -0.05) is 6.07 Å². The Balaban J connectivity index is 1.41. The third-order valence-electron chi connectivity index (χ3n) is 5.37. The summed E-state index contributed by atoms with van der Waals surface area (Å²) in [5.41, 5.74) is 1.24. The second kappa shape index (κ2) is 8.63. The van der Waals surface area contributed by atoms with Gasteiger partial charge in [-0.2, -0.15) is 0 Å². The van der Waals surface area contributed by atoms with Crippen molar-refractivity contribution in [3.63, 3.8) is 0 Å². The van der Waals surface area contributed by atoms with Crippen molar-refractivity contribution in [1.29, 1.82) is 0 Å². The van der Waals surface area contributed by atoms with Crippen molar-refractivity contribution in [3.05, 3.63) is 23.9 Å². The minimum atomic E-state index is 0.0860. The van der Waals surface area contributed by atoms with Crippen LogP contribution in [0.5, 0.6) is 0 Å². The molecule has 25 heavy (non-hydrogen) atoms. The number of aromatic nitrogens is 1. The predicted octanol–water partition coefficient (Wildman–Crippen LogP) is 1.37. The molecule has 2 N–H and O–H groups in total. The second-order valence-electron chi connectivity index (χ2n) is 7.44. The molecule has 1 amide bonds. The first-order valence-electron chi connectivity index (χ1n) is 9.49. The van der Waals surface area contributed by atoms with Gasteiger partial charge in [0, 0.05) is 57.9 Å². The second-order valence-corrected chi connectivity index (χ2v) is 7.44. The van der Waals surface area contributed by atoms with E-state index in [1.807, 2.05) is 6.20 Å². The smallest absolute Gasteiger partial charge is 0.217 e. The van der Waals surface area contributed by atoms with E-state index in [1.165, 1.54) is 5.56 Å². The zero-order chi connectivity index (χ0) is 17.6. The summed E-state index contributed by atoms with van der Waals surface area (Å²) in [6.45, 7) is 6.78. The van der Waals surface area contributed by atoms with Crippen LogP contribution in [-0.2, 0) is 11.3 Å². The molecular weight excluding hydrogens is 314 g/mol. The van der Waals surface area contributed by atoms with Crippen LogP contribution in [0.25, 0.3) is 0 Å². The number of carbonyl (C=O) groups excluding carboxylic acids is 1. The number of pyridine rings is 1. The van der Waals surface area contributed by atoms with Gasteiger partial charge in [-0.3, -0.25) is 4.79 Å². The number of carbonyl (C=O) groups is 1. The van der Waals surface area contributed by atoms with Gasteiger partial charge in [-0.05, 0) is 44.4 Å².